The fourth-order valence-electron chi connectivity index (χ4n) is 3.52. The van der Waals surface area contributed by atoms with Crippen LogP contribution < -0.4 is 0 Å². The molecule has 1 atom stereocenters. The van der Waals surface area contributed by atoms with E-state index in [0.29, 0.717) is 17.7 Å². The van der Waals surface area contributed by atoms with E-state index in [-0.39, 0.29) is 17.6 Å². The highest BCUT2D eigenvalue weighted by molar-refractivity contribution is 8.00. The molecular weight excluding hydrogens is 320 g/mol. The predicted molar refractivity (Wildman–Crippen MR) is 89.1 cm³/mol. The zero-order valence-corrected chi connectivity index (χ0v) is 14.9. The Labute approximate surface area is 137 Å². The van der Waals surface area contributed by atoms with Gasteiger partial charge in [-0.15, -0.1) is 11.8 Å². The standard InChI is InChI=1S/C15H26N2O3S2/c1-16(13-7-8-13)15(18)14-9-21-11-17(14)22(19,20)10-12-5-3-2-4-6-12/h12-14H,2-11H2,1H3. The number of thioether (sulfide) groups is 1. The molecule has 1 unspecified atom stereocenters. The lowest BCUT2D eigenvalue weighted by Gasteiger charge is -2.29. The minimum absolute atomic E-state index is 0.0141. The molecule has 0 bridgehead atoms. The Balaban J connectivity index is 1.66. The second-order valence-electron chi connectivity index (χ2n) is 6.87. The van der Waals surface area contributed by atoms with Crippen molar-refractivity contribution in [3.05, 3.63) is 0 Å². The molecule has 3 fully saturated rings. The lowest BCUT2D eigenvalue weighted by atomic mass is 9.91. The van der Waals surface area contributed by atoms with Gasteiger partial charge in [0.05, 0.1) is 11.6 Å². The van der Waals surface area contributed by atoms with Gasteiger partial charge in [0, 0.05) is 18.8 Å². The molecule has 0 spiro atoms. The molecule has 3 rings (SSSR count). The second kappa shape index (κ2) is 6.69. The molecule has 0 radical (unpaired) electrons. The number of carbonyl (C=O) groups excluding carboxylic acids is 1. The molecule has 0 aromatic rings. The maximum Gasteiger partial charge on any atom is 0.241 e. The molecule has 0 aromatic carbocycles. The first-order valence-corrected chi connectivity index (χ1v) is 11.1. The van der Waals surface area contributed by atoms with E-state index in [4.69, 9.17) is 0 Å². The van der Waals surface area contributed by atoms with E-state index in [1.165, 1.54) is 10.7 Å². The molecule has 1 aliphatic heterocycles. The molecule has 0 aromatic heterocycles. The Bertz CT molecular complexity index is 513. The minimum atomic E-state index is -3.33. The zero-order valence-electron chi connectivity index (χ0n) is 13.2. The van der Waals surface area contributed by atoms with E-state index in [1.54, 1.807) is 16.7 Å². The maximum atomic E-state index is 12.8. The van der Waals surface area contributed by atoms with Crippen LogP contribution in [0.3, 0.4) is 0 Å². The number of hydrogen-bond donors (Lipinski definition) is 0. The highest BCUT2D eigenvalue weighted by Gasteiger charge is 2.43. The molecule has 1 saturated heterocycles. The fraction of sp³-hybridized carbons (Fsp3) is 0.933. The summed E-state index contributed by atoms with van der Waals surface area (Å²) in [6.07, 6.45) is 7.64. The van der Waals surface area contributed by atoms with Crippen molar-refractivity contribution in [3.63, 3.8) is 0 Å². The van der Waals surface area contributed by atoms with Crippen LogP contribution in [0.5, 0.6) is 0 Å². The van der Waals surface area contributed by atoms with E-state index in [2.05, 4.69) is 0 Å². The van der Waals surface area contributed by atoms with Crippen LogP contribution in [0.25, 0.3) is 0 Å². The van der Waals surface area contributed by atoms with E-state index < -0.39 is 16.1 Å². The molecule has 0 N–H and O–H groups in total. The number of nitrogens with zero attached hydrogens (tertiary/aromatic N) is 2. The molecule has 22 heavy (non-hydrogen) atoms. The third-order valence-corrected chi connectivity index (χ3v) is 8.26. The second-order valence-corrected chi connectivity index (χ2v) is 9.83. The van der Waals surface area contributed by atoms with Gasteiger partial charge < -0.3 is 4.90 Å². The molecule has 1 amide bonds. The Hall–Kier alpha value is -0.270. The molecule has 3 aliphatic rings. The van der Waals surface area contributed by atoms with E-state index >= 15 is 0 Å². The molecule has 2 aliphatic carbocycles. The van der Waals surface area contributed by atoms with Crippen molar-refractivity contribution in [1.82, 2.24) is 9.21 Å². The van der Waals surface area contributed by atoms with Gasteiger partial charge in [-0.2, -0.15) is 4.31 Å². The van der Waals surface area contributed by atoms with Crippen molar-refractivity contribution in [2.24, 2.45) is 5.92 Å². The monoisotopic (exact) mass is 346 g/mol. The first kappa shape index (κ1) is 16.6. The fourth-order valence-corrected chi connectivity index (χ4v) is 7.16. The van der Waals surface area contributed by atoms with Crippen molar-refractivity contribution in [2.75, 3.05) is 24.4 Å². The van der Waals surface area contributed by atoms with Crippen LogP contribution in [-0.4, -0.2) is 60.0 Å². The van der Waals surface area contributed by atoms with Gasteiger partial charge in [-0.3, -0.25) is 4.79 Å². The average molecular weight is 347 g/mol. The first-order chi connectivity index (χ1) is 10.5. The normalized spacial score (nSPS) is 28.0. The van der Waals surface area contributed by atoms with Crippen LogP contribution in [0.1, 0.15) is 44.9 Å². The van der Waals surface area contributed by atoms with Crippen LogP contribution in [0, 0.1) is 5.92 Å². The van der Waals surface area contributed by atoms with Crippen molar-refractivity contribution >= 4 is 27.7 Å². The third-order valence-electron chi connectivity index (χ3n) is 5.10. The largest absolute Gasteiger partial charge is 0.341 e. The smallest absolute Gasteiger partial charge is 0.241 e. The molecule has 5 nitrogen and oxygen atoms in total. The summed E-state index contributed by atoms with van der Waals surface area (Å²) in [4.78, 5) is 14.3. The Morgan fingerprint density at radius 1 is 1.18 bits per heavy atom. The van der Waals surface area contributed by atoms with Crippen LogP contribution in [0.2, 0.25) is 0 Å². The number of likely N-dealkylation sites (N-methyl/N-ethyl adjacent to an activating group) is 1. The van der Waals surface area contributed by atoms with Gasteiger partial charge in [0.1, 0.15) is 6.04 Å². The van der Waals surface area contributed by atoms with Crippen molar-refractivity contribution in [2.45, 2.75) is 57.0 Å². The van der Waals surface area contributed by atoms with E-state index in [1.807, 2.05) is 7.05 Å². The van der Waals surface area contributed by atoms with Gasteiger partial charge in [-0.1, -0.05) is 19.3 Å². The number of rotatable bonds is 5. The van der Waals surface area contributed by atoms with Crippen molar-refractivity contribution in [3.8, 4) is 0 Å². The molecule has 2 saturated carbocycles. The predicted octanol–water partition coefficient (Wildman–Crippen LogP) is 1.89. The maximum absolute atomic E-state index is 12.8. The van der Waals surface area contributed by atoms with Gasteiger partial charge >= 0.3 is 0 Å². The number of sulfonamides is 1. The number of amides is 1. The minimum Gasteiger partial charge on any atom is -0.341 e. The van der Waals surface area contributed by atoms with E-state index in [9.17, 15) is 13.2 Å². The summed E-state index contributed by atoms with van der Waals surface area (Å²) in [6.45, 7) is 0. The van der Waals surface area contributed by atoms with Gasteiger partial charge in [-0.05, 0) is 31.6 Å². The Morgan fingerprint density at radius 3 is 2.50 bits per heavy atom. The summed E-state index contributed by atoms with van der Waals surface area (Å²) in [5, 5.41) is 0. The highest BCUT2D eigenvalue weighted by Crippen LogP contribution is 2.32. The number of hydrogen-bond acceptors (Lipinski definition) is 4. The van der Waals surface area contributed by atoms with Gasteiger partial charge in [0.25, 0.3) is 0 Å². The molecule has 1 heterocycles. The van der Waals surface area contributed by atoms with Crippen LogP contribution in [0.15, 0.2) is 0 Å². The third kappa shape index (κ3) is 3.62. The van der Waals surface area contributed by atoms with Crippen molar-refractivity contribution in [1.29, 1.82) is 0 Å². The van der Waals surface area contributed by atoms with Gasteiger partial charge in [-0.25, -0.2) is 8.42 Å². The summed E-state index contributed by atoms with van der Waals surface area (Å²) >= 11 is 1.56. The number of carbonyl (C=O) groups is 1. The quantitative estimate of drug-likeness (QED) is 0.763. The average Bonchev–Trinajstić information content (AvgIpc) is 3.22. The molecular formula is C15H26N2O3S2. The lowest BCUT2D eigenvalue weighted by molar-refractivity contribution is -0.133. The SMILES string of the molecule is CN(C(=O)C1CSCN1S(=O)(=O)CC1CCCCC1)C1CC1. The van der Waals surface area contributed by atoms with Crippen LogP contribution in [0.4, 0.5) is 0 Å². The van der Waals surface area contributed by atoms with Gasteiger partial charge in [0.15, 0.2) is 0 Å². The summed E-state index contributed by atoms with van der Waals surface area (Å²) in [5.74, 6) is 1.52. The lowest BCUT2D eigenvalue weighted by Crippen LogP contribution is -2.49. The Kier molecular flexibility index (Phi) is 5.04. The van der Waals surface area contributed by atoms with Gasteiger partial charge in [0.2, 0.25) is 15.9 Å². The summed E-state index contributed by atoms with van der Waals surface area (Å²) in [6, 6.07) is -0.148. The van der Waals surface area contributed by atoms with E-state index in [0.717, 1.165) is 38.5 Å². The molecule has 126 valence electrons. The topological polar surface area (TPSA) is 57.7 Å². The highest BCUT2D eigenvalue weighted by atomic mass is 32.2. The van der Waals surface area contributed by atoms with Crippen molar-refractivity contribution < 1.29 is 13.2 Å². The Morgan fingerprint density at radius 2 is 1.86 bits per heavy atom. The van der Waals surface area contributed by atoms with Crippen LogP contribution in [-0.2, 0) is 14.8 Å². The summed E-state index contributed by atoms with van der Waals surface area (Å²) in [5.41, 5.74) is 0. The molecule has 7 heteroatoms. The first-order valence-electron chi connectivity index (χ1n) is 8.33. The summed E-state index contributed by atoms with van der Waals surface area (Å²) in [7, 11) is -1.51. The van der Waals surface area contributed by atoms with Crippen LogP contribution >= 0.6 is 11.8 Å². The zero-order chi connectivity index (χ0) is 15.7. The summed E-state index contributed by atoms with van der Waals surface area (Å²) < 4.78 is 27.0.